The van der Waals surface area contributed by atoms with E-state index < -0.39 is 0 Å². The molecule has 2 aliphatic heterocycles. The van der Waals surface area contributed by atoms with Crippen molar-refractivity contribution >= 4 is 23.6 Å². The van der Waals surface area contributed by atoms with Crippen LogP contribution in [-0.4, -0.2) is 78.2 Å². The van der Waals surface area contributed by atoms with Crippen molar-refractivity contribution in [2.75, 3.05) is 39.3 Å². The van der Waals surface area contributed by atoms with Gasteiger partial charge in [-0.05, 0) is 33.6 Å². The fourth-order valence-corrected chi connectivity index (χ4v) is 4.76. The molecule has 0 radical (unpaired) electrons. The van der Waals surface area contributed by atoms with Gasteiger partial charge in [0.15, 0.2) is 6.54 Å². The average molecular weight is 408 g/mol. The molecule has 0 aromatic carbocycles. The van der Waals surface area contributed by atoms with E-state index in [1.54, 1.807) is 4.90 Å². The molecule has 2 saturated heterocycles. The van der Waals surface area contributed by atoms with Crippen LogP contribution in [0.15, 0.2) is 0 Å². The Morgan fingerprint density at radius 1 is 1.03 bits per heavy atom. The van der Waals surface area contributed by atoms with Gasteiger partial charge >= 0.3 is 0 Å². The third kappa shape index (κ3) is 5.35. The Kier molecular flexibility index (Phi) is 6.61. The zero-order valence-electron chi connectivity index (χ0n) is 18.0. The summed E-state index contributed by atoms with van der Waals surface area (Å²) in [4.78, 5) is 54.0. The first-order valence-electron chi connectivity index (χ1n) is 10.9. The van der Waals surface area contributed by atoms with Crippen LogP contribution in [0, 0.1) is 11.8 Å². The quantitative estimate of drug-likeness (QED) is 0.584. The number of rotatable bonds is 5. The van der Waals surface area contributed by atoms with Gasteiger partial charge in [-0.3, -0.25) is 24.1 Å². The number of nitrogens with one attached hydrogen (secondary N) is 2. The molecule has 162 valence electrons. The number of imide groups is 1. The fraction of sp³-hybridized carbons (Fsp3) is 0.810. The van der Waals surface area contributed by atoms with Crippen LogP contribution in [0.4, 0.5) is 0 Å². The second kappa shape index (κ2) is 8.81. The minimum Gasteiger partial charge on any atom is -0.347 e. The first-order valence-corrected chi connectivity index (χ1v) is 10.9. The van der Waals surface area contributed by atoms with Crippen molar-refractivity contribution in [3.8, 4) is 0 Å². The molecule has 0 bridgehead atoms. The van der Waals surface area contributed by atoms with Crippen molar-refractivity contribution in [1.82, 2.24) is 15.1 Å². The molecule has 29 heavy (non-hydrogen) atoms. The third-order valence-electron chi connectivity index (χ3n) is 6.23. The number of piperazine rings is 1. The number of amides is 4. The van der Waals surface area contributed by atoms with Gasteiger partial charge in [-0.2, -0.15) is 0 Å². The molecule has 1 aliphatic carbocycles. The van der Waals surface area contributed by atoms with Gasteiger partial charge in [0, 0.05) is 18.5 Å². The van der Waals surface area contributed by atoms with Crippen LogP contribution in [0.5, 0.6) is 0 Å². The molecule has 0 spiro atoms. The van der Waals surface area contributed by atoms with Crippen LogP contribution in [0.25, 0.3) is 0 Å². The second-order valence-corrected chi connectivity index (χ2v) is 9.68. The molecule has 4 amide bonds. The van der Waals surface area contributed by atoms with E-state index in [1.807, 2.05) is 20.8 Å². The lowest BCUT2D eigenvalue weighted by atomic mass is 9.81. The Bertz CT molecular complexity index is 640. The maximum atomic E-state index is 12.6. The average Bonchev–Trinajstić information content (AvgIpc) is 2.90. The highest BCUT2D eigenvalue weighted by Gasteiger charge is 2.47. The molecular weight excluding hydrogens is 372 g/mol. The summed E-state index contributed by atoms with van der Waals surface area (Å²) in [7, 11) is 0. The number of carbonyl (C=O) groups excluding carboxylic acids is 4. The summed E-state index contributed by atoms with van der Waals surface area (Å²) < 4.78 is 0. The van der Waals surface area contributed by atoms with E-state index in [4.69, 9.17) is 0 Å². The first kappa shape index (κ1) is 21.7. The SMILES string of the molecule is CC(C)(C)NC(=O)C[NH+]1CCN(C(=O)CCN2C(=O)[C@H]3CCCC[C@@H]3C2=O)CC1. The largest absolute Gasteiger partial charge is 0.347 e. The van der Waals surface area contributed by atoms with E-state index in [0.717, 1.165) is 38.8 Å². The molecule has 8 nitrogen and oxygen atoms in total. The summed E-state index contributed by atoms with van der Waals surface area (Å²) in [5.74, 6) is -0.452. The summed E-state index contributed by atoms with van der Waals surface area (Å²) >= 11 is 0. The Balaban J connectivity index is 1.42. The lowest BCUT2D eigenvalue weighted by Gasteiger charge is -2.32. The monoisotopic (exact) mass is 407 g/mol. The predicted molar refractivity (Wildman–Crippen MR) is 107 cm³/mol. The molecule has 1 saturated carbocycles. The fourth-order valence-electron chi connectivity index (χ4n) is 4.76. The van der Waals surface area contributed by atoms with Gasteiger partial charge in [0.1, 0.15) is 0 Å². The van der Waals surface area contributed by atoms with Crippen LogP contribution in [0.2, 0.25) is 0 Å². The van der Waals surface area contributed by atoms with E-state index in [0.29, 0.717) is 19.6 Å². The molecule has 3 aliphatic rings. The Labute approximate surface area is 172 Å². The van der Waals surface area contributed by atoms with E-state index >= 15 is 0 Å². The summed E-state index contributed by atoms with van der Waals surface area (Å²) in [6.07, 6.45) is 3.80. The standard InChI is InChI=1S/C21H34N4O4/c1-21(2,3)22-17(26)14-23-10-12-24(13-11-23)18(27)8-9-25-19(28)15-6-4-5-7-16(15)20(25)29/h15-16H,4-14H2,1-3H3,(H,22,26)/p+1/t15-,16-/m0/s1. The van der Waals surface area contributed by atoms with Crippen molar-refractivity contribution in [3.05, 3.63) is 0 Å². The summed E-state index contributed by atoms with van der Waals surface area (Å²) in [5.41, 5.74) is -0.240. The van der Waals surface area contributed by atoms with Crippen molar-refractivity contribution in [2.24, 2.45) is 11.8 Å². The molecule has 3 fully saturated rings. The number of hydrogen-bond acceptors (Lipinski definition) is 4. The van der Waals surface area contributed by atoms with Gasteiger partial charge < -0.3 is 15.1 Å². The van der Waals surface area contributed by atoms with Crippen LogP contribution in [-0.2, 0) is 19.2 Å². The molecule has 2 N–H and O–H groups in total. The predicted octanol–water partition coefficient (Wildman–Crippen LogP) is -0.806. The van der Waals surface area contributed by atoms with Crippen LogP contribution < -0.4 is 10.2 Å². The number of likely N-dealkylation sites (tertiary alicyclic amines) is 1. The highest BCUT2D eigenvalue weighted by molar-refractivity contribution is 6.05. The lowest BCUT2D eigenvalue weighted by molar-refractivity contribution is -0.896. The van der Waals surface area contributed by atoms with Gasteiger partial charge in [-0.1, -0.05) is 12.8 Å². The molecule has 0 aromatic heterocycles. The van der Waals surface area contributed by atoms with E-state index in [2.05, 4.69) is 5.32 Å². The third-order valence-corrected chi connectivity index (χ3v) is 6.23. The Morgan fingerprint density at radius 3 is 2.10 bits per heavy atom. The molecule has 2 atom stereocenters. The maximum absolute atomic E-state index is 12.6. The van der Waals surface area contributed by atoms with Crippen LogP contribution in [0.1, 0.15) is 52.9 Å². The number of carbonyl (C=O) groups is 4. The van der Waals surface area contributed by atoms with Gasteiger partial charge in [-0.25, -0.2) is 0 Å². The van der Waals surface area contributed by atoms with Crippen molar-refractivity contribution in [1.29, 1.82) is 0 Å². The topological polar surface area (TPSA) is 91.2 Å². The molecule has 0 unspecified atom stereocenters. The lowest BCUT2D eigenvalue weighted by Crippen LogP contribution is -3.16. The van der Waals surface area contributed by atoms with Gasteiger partial charge in [-0.15, -0.1) is 0 Å². The number of nitrogens with zero attached hydrogens (tertiary/aromatic N) is 2. The van der Waals surface area contributed by atoms with E-state index in [9.17, 15) is 19.2 Å². The maximum Gasteiger partial charge on any atom is 0.275 e. The summed E-state index contributed by atoms with van der Waals surface area (Å²) in [6.45, 7) is 9.16. The van der Waals surface area contributed by atoms with Gasteiger partial charge in [0.25, 0.3) is 5.91 Å². The van der Waals surface area contributed by atoms with E-state index in [1.165, 1.54) is 9.80 Å². The molecular formula is C21H35N4O4+. The van der Waals surface area contributed by atoms with Gasteiger partial charge in [0.2, 0.25) is 17.7 Å². The molecule has 3 rings (SSSR count). The van der Waals surface area contributed by atoms with Crippen LogP contribution in [0.3, 0.4) is 0 Å². The zero-order valence-corrected chi connectivity index (χ0v) is 18.0. The minimum atomic E-state index is -0.240. The summed E-state index contributed by atoms with van der Waals surface area (Å²) in [6, 6.07) is 0. The van der Waals surface area contributed by atoms with Gasteiger partial charge in [0.05, 0.1) is 38.0 Å². The normalized spacial score (nSPS) is 25.9. The van der Waals surface area contributed by atoms with Crippen molar-refractivity contribution < 1.29 is 24.1 Å². The first-order chi connectivity index (χ1) is 13.7. The summed E-state index contributed by atoms with van der Waals surface area (Å²) in [5, 5.41) is 2.97. The van der Waals surface area contributed by atoms with Crippen LogP contribution >= 0.6 is 0 Å². The highest BCUT2D eigenvalue weighted by atomic mass is 16.2. The smallest absolute Gasteiger partial charge is 0.275 e. The van der Waals surface area contributed by atoms with Crippen molar-refractivity contribution in [2.45, 2.75) is 58.4 Å². The van der Waals surface area contributed by atoms with E-state index in [-0.39, 0.29) is 54.0 Å². The number of fused-ring (bicyclic) bond motifs is 1. The molecule has 2 heterocycles. The zero-order chi connectivity index (χ0) is 21.2. The number of quaternary nitrogens is 1. The highest BCUT2D eigenvalue weighted by Crippen LogP contribution is 2.37. The number of hydrogen-bond donors (Lipinski definition) is 2. The second-order valence-electron chi connectivity index (χ2n) is 9.68. The Morgan fingerprint density at radius 2 is 1.59 bits per heavy atom. The van der Waals surface area contributed by atoms with Crippen molar-refractivity contribution in [3.63, 3.8) is 0 Å². The molecule has 8 heteroatoms. The minimum absolute atomic E-state index is 0.0151. The molecule has 0 aromatic rings. The Hall–Kier alpha value is -1.96.